The van der Waals surface area contributed by atoms with Crippen LogP contribution in [0.2, 0.25) is 4.34 Å². The van der Waals surface area contributed by atoms with Crippen LogP contribution in [0.25, 0.3) is 10.2 Å². The van der Waals surface area contributed by atoms with E-state index >= 15 is 0 Å². The molecule has 5 rings (SSSR count). The molecule has 0 N–H and O–H groups in total. The summed E-state index contributed by atoms with van der Waals surface area (Å²) < 4.78 is 43.2. The second-order valence-corrected chi connectivity index (χ2v) is 12.5. The molecular weight excluding hydrogens is 519 g/mol. The third-order valence-corrected chi connectivity index (χ3v) is 10.2. The van der Waals surface area contributed by atoms with Crippen LogP contribution in [-0.2, 0) is 21.4 Å². The Kier molecular flexibility index (Phi) is 6.38. The van der Waals surface area contributed by atoms with Crippen LogP contribution >= 0.6 is 34.3 Å². The Bertz CT molecular complexity index is 1460. The van der Waals surface area contributed by atoms with E-state index in [9.17, 15) is 17.6 Å². The summed E-state index contributed by atoms with van der Waals surface area (Å²) in [4.78, 5) is 23.8. The van der Waals surface area contributed by atoms with E-state index in [1.807, 2.05) is 6.07 Å². The summed E-state index contributed by atoms with van der Waals surface area (Å²) >= 11 is 8.10. The number of aromatic nitrogens is 2. The lowest BCUT2D eigenvalue weighted by Gasteiger charge is -2.28. The van der Waals surface area contributed by atoms with Gasteiger partial charge in [-0.05, 0) is 48.7 Å². The first kappa shape index (κ1) is 23.3. The van der Waals surface area contributed by atoms with Gasteiger partial charge in [-0.1, -0.05) is 35.1 Å². The van der Waals surface area contributed by atoms with Gasteiger partial charge in [-0.25, -0.2) is 17.8 Å². The summed E-state index contributed by atoms with van der Waals surface area (Å²) in [5.74, 6) is -0.888. The number of rotatable bonds is 6. The normalized spacial score (nSPS) is 16.8. The lowest BCUT2D eigenvalue weighted by molar-refractivity contribution is -0.121. The number of nitrogens with zero attached hydrogens (tertiary/aromatic N) is 4. The van der Waals surface area contributed by atoms with E-state index in [1.54, 1.807) is 30.6 Å². The van der Waals surface area contributed by atoms with Crippen molar-refractivity contribution in [3.63, 3.8) is 0 Å². The molecule has 3 aromatic heterocycles. The number of pyridine rings is 1. The van der Waals surface area contributed by atoms with Gasteiger partial charge in [0.1, 0.15) is 21.6 Å². The van der Waals surface area contributed by atoms with Crippen molar-refractivity contribution in [1.29, 1.82) is 0 Å². The van der Waals surface area contributed by atoms with E-state index in [-0.39, 0.29) is 22.8 Å². The number of sulfonamides is 1. The summed E-state index contributed by atoms with van der Waals surface area (Å²) in [7, 11) is -3.90. The number of hydrogen-bond acceptors (Lipinski definition) is 7. The molecule has 1 unspecified atom stereocenters. The molecule has 4 aromatic rings. The second kappa shape index (κ2) is 9.31. The SMILES string of the molecule is O=C(C1CCCN1S(=O)(=O)c1ccc(Cl)s1)N(Cc1cccnc1)c1nc2c(F)cccc2s1. The van der Waals surface area contributed by atoms with Gasteiger partial charge >= 0.3 is 0 Å². The van der Waals surface area contributed by atoms with E-state index in [4.69, 9.17) is 11.6 Å². The molecule has 1 atom stereocenters. The fourth-order valence-corrected chi connectivity index (χ4v) is 8.19. The van der Waals surface area contributed by atoms with Crippen LogP contribution in [0, 0.1) is 5.82 Å². The largest absolute Gasteiger partial charge is 0.282 e. The smallest absolute Gasteiger partial charge is 0.253 e. The van der Waals surface area contributed by atoms with Crippen LogP contribution in [0.3, 0.4) is 0 Å². The molecule has 176 valence electrons. The van der Waals surface area contributed by atoms with Gasteiger partial charge in [0.2, 0.25) is 5.91 Å². The van der Waals surface area contributed by atoms with Gasteiger partial charge in [0.15, 0.2) is 5.13 Å². The van der Waals surface area contributed by atoms with Gasteiger partial charge < -0.3 is 0 Å². The van der Waals surface area contributed by atoms with Crippen molar-refractivity contribution in [2.75, 3.05) is 11.4 Å². The zero-order chi connectivity index (χ0) is 23.9. The van der Waals surface area contributed by atoms with E-state index in [0.29, 0.717) is 27.0 Å². The molecule has 4 heterocycles. The topological polar surface area (TPSA) is 83.5 Å². The van der Waals surface area contributed by atoms with Crippen molar-refractivity contribution in [2.45, 2.75) is 29.6 Å². The Morgan fingerprint density at radius 3 is 2.76 bits per heavy atom. The van der Waals surface area contributed by atoms with Crippen molar-refractivity contribution in [3.05, 3.63) is 70.6 Å². The number of halogens is 2. The average Bonchev–Trinajstić information content (AvgIpc) is 3.57. The molecule has 0 aliphatic carbocycles. The highest BCUT2D eigenvalue weighted by molar-refractivity contribution is 7.91. The van der Waals surface area contributed by atoms with Crippen LogP contribution in [0.5, 0.6) is 0 Å². The third-order valence-electron chi connectivity index (χ3n) is 5.52. The number of benzene rings is 1. The summed E-state index contributed by atoms with van der Waals surface area (Å²) in [6.07, 6.45) is 4.18. The van der Waals surface area contributed by atoms with Gasteiger partial charge in [-0.15, -0.1) is 11.3 Å². The monoisotopic (exact) mass is 536 g/mol. The molecule has 1 saturated heterocycles. The number of carbonyl (C=O) groups excluding carboxylic acids is 1. The second-order valence-electron chi connectivity index (χ2n) is 7.70. The number of carbonyl (C=O) groups is 1. The number of thiophene rings is 1. The van der Waals surface area contributed by atoms with E-state index in [1.165, 1.54) is 38.7 Å². The Hall–Kier alpha value is -2.44. The minimum absolute atomic E-state index is 0.0954. The lowest BCUT2D eigenvalue weighted by Crippen LogP contribution is -2.47. The molecule has 0 saturated carbocycles. The highest BCUT2D eigenvalue weighted by Gasteiger charge is 2.42. The molecule has 1 aliphatic rings. The molecule has 0 bridgehead atoms. The maximum Gasteiger partial charge on any atom is 0.253 e. The first-order valence-corrected chi connectivity index (χ1v) is 13.8. The van der Waals surface area contributed by atoms with Crippen LogP contribution in [0.4, 0.5) is 9.52 Å². The predicted octanol–water partition coefficient (Wildman–Crippen LogP) is 4.93. The maximum atomic E-state index is 14.3. The summed E-state index contributed by atoms with van der Waals surface area (Å²) in [5, 5.41) is 0.303. The van der Waals surface area contributed by atoms with E-state index in [0.717, 1.165) is 16.9 Å². The van der Waals surface area contributed by atoms with Crippen LogP contribution in [0.15, 0.2) is 59.1 Å². The number of thiazole rings is 1. The van der Waals surface area contributed by atoms with Gasteiger partial charge in [-0.2, -0.15) is 4.31 Å². The van der Waals surface area contributed by atoms with Gasteiger partial charge in [0, 0.05) is 18.9 Å². The molecule has 0 radical (unpaired) electrons. The summed E-state index contributed by atoms with van der Waals surface area (Å²) in [6, 6.07) is 10.3. The van der Waals surface area contributed by atoms with Crippen molar-refractivity contribution >= 4 is 65.6 Å². The molecule has 1 aliphatic heterocycles. The molecular formula is C22H18ClFN4O3S3. The fraction of sp³-hybridized carbons (Fsp3) is 0.227. The number of hydrogen-bond donors (Lipinski definition) is 0. The first-order chi connectivity index (χ1) is 16.3. The van der Waals surface area contributed by atoms with Crippen molar-refractivity contribution in [1.82, 2.24) is 14.3 Å². The van der Waals surface area contributed by atoms with Gasteiger partial charge in [0.25, 0.3) is 10.0 Å². The van der Waals surface area contributed by atoms with E-state index < -0.39 is 27.8 Å². The quantitative estimate of drug-likeness (QED) is 0.349. The molecule has 34 heavy (non-hydrogen) atoms. The Labute approximate surface area is 208 Å². The Morgan fingerprint density at radius 2 is 2.06 bits per heavy atom. The molecule has 0 spiro atoms. The van der Waals surface area contributed by atoms with Gasteiger partial charge in [0.05, 0.1) is 15.6 Å². The minimum atomic E-state index is -3.90. The maximum absolute atomic E-state index is 14.3. The molecule has 7 nitrogen and oxygen atoms in total. The summed E-state index contributed by atoms with van der Waals surface area (Å²) in [5.41, 5.74) is 0.920. The highest BCUT2D eigenvalue weighted by Crippen LogP contribution is 2.36. The zero-order valence-corrected chi connectivity index (χ0v) is 20.8. The first-order valence-electron chi connectivity index (χ1n) is 10.4. The Balaban J connectivity index is 1.53. The van der Waals surface area contributed by atoms with Crippen LogP contribution in [0.1, 0.15) is 18.4 Å². The lowest BCUT2D eigenvalue weighted by atomic mass is 10.2. The zero-order valence-electron chi connectivity index (χ0n) is 17.6. The van der Waals surface area contributed by atoms with Crippen molar-refractivity contribution in [3.8, 4) is 0 Å². The van der Waals surface area contributed by atoms with Crippen LogP contribution < -0.4 is 4.90 Å². The van der Waals surface area contributed by atoms with Crippen molar-refractivity contribution < 1.29 is 17.6 Å². The number of para-hydroxylation sites is 1. The molecule has 1 aromatic carbocycles. The average molecular weight is 537 g/mol. The summed E-state index contributed by atoms with van der Waals surface area (Å²) in [6.45, 7) is 0.354. The number of fused-ring (bicyclic) bond motifs is 1. The van der Waals surface area contributed by atoms with E-state index in [2.05, 4.69) is 9.97 Å². The minimum Gasteiger partial charge on any atom is -0.282 e. The molecule has 12 heteroatoms. The third kappa shape index (κ3) is 4.34. The van der Waals surface area contributed by atoms with Gasteiger partial charge in [-0.3, -0.25) is 14.7 Å². The predicted molar refractivity (Wildman–Crippen MR) is 131 cm³/mol. The van der Waals surface area contributed by atoms with Crippen LogP contribution in [-0.4, -0.2) is 41.2 Å². The standard InChI is InChI=1S/C22H18ClFN4O3S3/c23-18-8-9-19(33-18)34(30,31)28-11-3-6-16(28)21(29)27(13-14-4-2-10-25-12-14)22-26-20-15(24)5-1-7-17(20)32-22/h1-2,4-5,7-10,12,16H,3,6,11,13H2. The molecule has 1 amide bonds. The highest BCUT2D eigenvalue weighted by atomic mass is 35.5. The van der Waals surface area contributed by atoms with Crippen molar-refractivity contribution in [2.24, 2.45) is 0 Å². The fourth-order valence-electron chi connectivity index (χ4n) is 3.94. The Morgan fingerprint density at radius 1 is 1.21 bits per heavy atom. The number of anilines is 1. The molecule has 1 fully saturated rings. The number of amides is 1.